The second-order valence-electron chi connectivity index (χ2n) is 8.08. The number of amides is 1. The first-order chi connectivity index (χ1) is 16.0. The Kier molecular flexibility index (Phi) is 5.82. The van der Waals surface area contributed by atoms with Crippen molar-refractivity contribution in [3.8, 4) is 11.4 Å². The van der Waals surface area contributed by atoms with E-state index in [2.05, 4.69) is 5.10 Å². The fourth-order valence-corrected chi connectivity index (χ4v) is 4.07. The Morgan fingerprint density at radius 2 is 1.58 bits per heavy atom. The Labute approximate surface area is 189 Å². The fourth-order valence-electron chi connectivity index (χ4n) is 4.07. The zero-order valence-corrected chi connectivity index (χ0v) is 17.9. The van der Waals surface area contributed by atoms with Gasteiger partial charge in [0.25, 0.3) is 5.91 Å². The first kappa shape index (κ1) is 21.5. The third kappa shape index (κ3) is 4.60. The molecule has 2 aliphatic rings. The molecule has 7 nitrogen and oxygen atoms in total. The normalized spacial score (nSPS) is 17.5. The molecule has 3 heterocycles. The fraction of sp³-hybridized carbons (Fsp3) is 0.333. The van der Waals surface area contributed by atoms with E-state index in [1.807, 2.05) is 0 Å². The summed E-state index contributed by atoms with van der Waals surface area (Å²) in [5.41, 5.74) is 1.50. The minimum atomic E-state index is -0.591. The zero-order chi connectivity index (χ0) is 22.8. The van der Waals surface area contributed by atoms with Crippen molar-refractivity contribution in [2.45, 2.75) is 25.2 Å². The summed E-state index contributed by atoms with van der Waals surface area (Å²) in [6.45, 7) is 2.22. The molecule has 0 aliphatic carbocycles. The van der Waals surface area contributed by atoms with E-state index in [0.717, 1.165) is 5.56 Å². The SMILES string of the molecule is O=C(c1nn(-c2ccc(F)cc2)cc1OCc1ccc(F)cc1)N1CCC2(CC1)OCCO2. The predicted octanol–water partition coefficient (Wildman–Crippen LogP) is 3.71. The van der Waals surface area contributed by atoms with E-state index >= 15 is 0 Å². The average molecular weight is 455 g/mol. The lowest BCUT2D eigenvalue weighted by atomic mass is 10.0. The van der Waals surface area contributed by atoms with Gasteiger partial charge in [0.05, 0.1) is 25.1 Å². The van der Waals surface area contributed by atoms with E-state index in [4.69, 9.17) is 14.2 Å². The lowest BCUT2D eigenvalue weighted by Crippen LogP contribution is -2.47. The van der Waals surface area contributed by atoms with Crippen LogP contribution < -0.4 is 4.74 Å². The van der Waals surface area contributed by atoms with E-state index in [1.54, 1.807) is 35.4 Å². The number of carbonyl (C=O) groups excluding carboxylic acids is 1. The molecule has 2 fully saturated rings. The van der Waals surface area contributed by atoms with E-state index in [-0.39, 0.29) is 29.8 Å². The van der Waals surface area contributed by atoms with Crippen LogP contribution >= 0.6 is 0 Å². The van der Waals surface area contributed by atoms with Gasteiger partial charge in [-0.1, -0.05) is 12.1 Å². The van der Waals surface area contributed by atoms with Gasteiger partial charge in [-0.3, -0.25) is 4.79 Å². The zero-order valence-electron chi connectivity index (χ0n) is 17.9. The van der Waals surface area contributed by atoms with Crippen LogP contribution in [0.1, 0.15) is 28.9 Å². The quantitative estimate of drug-likeness (QED) is 0.587. The molecule has 0 atom stereocenters. The molecule has 5 rings (SSSR count). The molecular weight excluding hydrogens is 432 g/mol. The standard InChI is InChI=1S/C24H23F2N3O4/c25-18-3-1-17(2-4-18)16-31-21-15-29(20-7-5-19(26)6-8-20)27-22(21)23(30)28-11-9-24(10-12-28)32-13-14-33-24/h1-8,15H,9-14,16H2. The first-order valence-electron chi connectivity index (χ1n) is 10.8. The highest BCUT2D eigenvalue weighted by Crippen LogP contribution is 2.32. The summed E-state index contributed by atoms with van der Waals surface area (Å²) in [5, 5.41) is 4.46. The minimum absolute atomic E-state index is 0.139. The Hall–Kier alpha value is -3.30. The number of nitrogens with zero attached hydrogens (tertiary/aromatic N) is 3. The van der Waals surface area contributed by atoms with Crippen LogP contribution in [0.4, 0.5) is 8.78 Å². The molecule has 0 N–H and O–H groups in total. The number of carbonyl (C=O) groups is 1. The summed E-state index contributed by atoms with van der Waals surface area (Å²) in [5.74, 6) is -1.27. The Morgan fingerprint density at radius 1 is 0.970 bits per heavy atom. The first-order valence-corrected chi connectivity index (χ1v) is 10.8. The molecule has 2 aromatic carbocycles. The number of halogens is 2. The predicted molar refractivity (Wildman–Crippen MR) is 114 cm³/mol. The molecule has 1 spiro atoms. The van der Waals surface area contributed by atoms with Gasteiger partial charge in [0, 0.05) is 25.9 Å². The van der Waals surface area contributed by atoms with Gasteiger partial charge >= 0.3 is 0 Å². The van der Waals surface area contributed by atoms with Gasteiger partial charge in [0.1, 0.15) is 18.2 Å². The van der Waals surface area contributed by atoms with Crippen molar-refractivity contribution >= 4 is 5.91 Å². The molecule has 0 bridgehead atoms. The van der Waals surface area contributed by atoms with Gasteiger partial charge in [0.2, 0.25) is 0 Å². The molecule has 2 saturated heterocycles. The van der Waals surface area contributed by atoms with Crippen LogP contribution in [0.2, 0.25) is 0 Å². The molecule has 0 unspecified atom stereocenters. The summed E-state index contributed by atoms with van der Waals surface area (Å²) >= 11 is 0. The molecule has 33 heavy (non-hydrogen) atoms. The Bertz CT molecular complexity index is 1120. The number of benzene rings is 2. The highest BCUT2D eigenvalue weighted by molar-refractivity contribution is 5.95. The van der Waals surface area contributed by atoms with Crippen LogP contribution in [0.15, 0.2) is 54.7 Å². The van der Waals surface area contributed by atoms with Crippen LogP contribution in [0, 0.1) is 11.6 Å². The Balaban J connectivity index is 1.38. The van der Waals surface area contributed by atoms with Crippen molar-refractivity contribution in [3.05, 3.63) is 77.6 Å². The number of likely N-dealkylation sites (tertiary alicyclic amines) is 1. The largest absolute Gasteiger partial charge is 0.485 e. The summed E-state index contributed by atoms with van der Waals surface area (Å²) in [6.07, 6.45) is 2.77. The lowest BCUT2D eigenvalue weighted by molar-refractivity contribution is -0.181. The molecule has 3 aromatic rings. The topological polar surface area (TPSA) is 65.8 Å². The van der Waals surface area contributed by atoms with Crippen molar-refractivity contribution < 1.29 is 27.8 Å². The summed E-state index contributed by atoms with van der Waals surface area (Å²) in [6, 6.07) is 11.7. The molecule has 9 heteroatoms. The number of aromatic nitrogens is 2. The smallest absolute Gasteiger partial charge is 0.278 e. The third-order valence-corrected chi connectivity index (χ3v) is 5.91. The molecule has 0 saturated carbocycles. The van der Waals surface area contributed by atoms with Gasteiger partial charge in [-0.25, -0.2) is 13.5 Å². The maximum absolute atomic E-state index is 13.4. The summed E-state index contributed by atoms with van der Waals surface area (Å²) in [4.78, 5) is 15.1. The lowest BCUT2D eigenvalue weighted by Gasteiger charge is -2.37. The van der Waals surface area contributed by atoms with Crippen LogP contribution in [0.3, 0.4) is 0 Å². The van der Waals surface area contributed by atoms with Crippen molar-refractivity contribution in [1.82, 2.24) is 14.7 Å². The summed E-state index contributed by atoms with van der Waals surface area (Å²) < 4.78 is 45.5. The minimum Gasteiger partial charge on any atom is -0.485 e. The second-order valence-corrected chi connectivity index (χ2v) is 8.08. The van der Waals surface area contributed by atoms with E-state index < -0.39 is 5.79 Å². The maximum Gasteiger partial charge on any atom is 0.278 e. The van der Waals surface area contributed by atoms with Crippen molar-refractivity contribution in [3.63, 3.8) is 0 Å². The number of piperidine rings is 1. The monoisotopic (exact) mass is 455 g/mol. The molecule has 2 aliphatic heterocycles. The highest BCUT2D eigenvalue weighted by atomic mass is 19.1. The average Bonchev–Trinajstić information content (AvgIpc) is 3.47. The van der Waals surface area contributed by atoms with Crippen molar-refractivity contribution in [2.24, 2.45) is 0 Å². The molecular formula is C24H23F2N3O4. The van der Waals surface area contributed by atoms with Crippen LogP contribution in [-0.4, -0.2) is 52.7 Å². The summed E-state index contributed by atoms with van der Waals surface area (Å²) in [7, 11) is 0. The van der Waals surface area contributed by atoms with E-state index in [0.29, 0.717) is 50.6 Å². The van der Waals surface area contributed by atoms with Gasteiger partial charge in [-0.15, -0.1) is 0 Å². The van der Waals surface area contributed by atoms with Gasteiger partial charge in [-0.05, 0) is 42.0 Å². The number of ether oxygens (including phenoxy) is 3. The van der Waals surface area contributed by atoms with Crippen molar-refractivity contribution in [1.29, 1.82) is 0 Å². The third-order valence-electron chi connectivity index (χ3n) is 5.91. The van der Waals surface area contributed by atoms with E-state index in [9.17, 15) is 13.6 Å². The maximum atomic E-state index is 13.4. The van der Waals surface area contributed by atoms with Crippen LogP contribution in [0.5, 0.6) is 5.75 Å². The number of hydrogen-bond donors (Lipinski definition) is 0. The van der Waals surface area contributed by atoms with Gasteiger partial charge in [-0.2, -0.15) is 5.10 Å². The molecule has 1 aromatic heterocycles. The molecule has 0 radical (unpaired) electrons. The van der Waals surface area contributed by atoms with E-state index in [1.165, 1.54) is 28.9 Å². The van der Waals surface area contributed by atoms with Crippen LogP contribution in [0.25, 0.3) is 5.69 Å². The van der Waals surface area contributed by atoms with Crippen molar-refractivity contribution in [2.75, 3.05) is 26.3 Å². The molecule has 172 valence electrons. The highest BCUT2D eigenvalue weighted by Gasteiger charge is 2.41. The van der Waals surface area contributed by atoms with Crippen LogP contribution in [-0.2, 0) is 16.1 Å². The molecule has 1 amide bonds. The van der Waals surface area contributed by atoms with Gasteiger partial charge in [0.15, 0.2) is 17.2 Å². The number of rotatable bonds is 5. The van der Waals surface area contributed by atoms with Gasteiger partial charge < -0.3 is 19.1 Å². The number of hydrogen-bond acceptors (Lipinski definition) is 5. The second kappa shape index (κ2) is 8.92. The Morgan fingerprint density at radius 3 is 2.21 bits per heavy atom.